The molecule has 2 fully saturated rings. The molecule has 0 unspecified atom stereocenters. The molecule has 0 aromatic heterocycles. The van der Waals surface area contributed by atoms with E-state index in [1.165, 1.54) is 22.3 Å². The molecule has 8 nitrogen and oxygen atoms in total. The molecule has 4 heterocycles. The lowest BCUT2D eigenvalue weighted by atomic mass is 9.93. The van der Waals surface area contributed by atoms with E-state index >= 15 is 0 Å². The van der Waals surface area contributed by atoms with E-state index in [-0.39, 0.29) is 35.2 Å². The van der Waals surface area contributed by atoms with E-state index in [4.69, 9.17) is 14.3 Å². The molecule has 1 spiro atoms. The second kappa shape index (κ2) is 13.0. The van der Waals surface area contributed by atoms with Crippen LogP contribution in [-0.4, -0.2) is 68.8 Å². The number of nitrogens with zero attached hydrogens (tertiary/aromatic N) is 7. The molecule has 0 saturated carbocycles. The number of hydrogen-bond acceptors (Lipinski definition) is 8. The van der Waals surface area contributed by atoms with Gasteiger partial charge in [-0.3, -0.25) is 0 Å². The zero-order chi connectivity index (χ0) is 35.4. The summed E-state index contributed by atoms with van der Waals surface area (Å²) in [4.78, 5) is 10.0. The minimum absolute atomic E-state index is 0.0174. The molecule has 9 heteroatoms. The molecular formula is C42H51N8P. The first-order valence-electron chi connectivity index (χ1n) is 18.4. The minimum atomic E-state index is -3.10. The quantitative estimate of drug-likeness (QED) is 0.216. The Labute approximate surface area is 304 Å². The number of benzene rings is 4. The monoisotopic (exact) mass is 698 g/mol. The molecule has 4 aliphatic rings. The summed E-state index contributed by atoms with van der Waals surface area (Å²) in [6.45, 7) is 17.3. The van der Waals surface area contributed by atoms with Gasteiger partial charge in [0, 0.05) is 37.3 Å². The highest BCUT2D eigenvalue weighted by molar-refractivity contribution is 7.62. The number of fused-ring (bicyclic) bond motifs is 2. The molecule has 8 rings (SSSR count). The van der Waals surface area contributed by atoms with Crippen molar-refractivity contribution in [3.8, 4) is 0 Å². The van der Waals surface area contributed by atoms with Crippen molar-refractivity contribution < 1.29 is 0 Å². The molecule has 5 atom stereocenters. The first-order chi connectivity index (χ1) is 24.5. The molecule has 4 aromatic carbocycles. The van der Waals surface area contributed by atoms with E-state index in [0.29, 0.717) is 0 Å². The summed E-state index contributed by atoms with van der Waals surface area (Å²) in [6, 6.07) is 43.2. The van der Waals surface area contributed by atoms with Crippen LogP contribution < -0.4 is 5.09 Å². The normalized spacial score (nSPS) is 26.5. The average molecular weight is 699 g/mol. The first-order valence-corrected chi connectivity index (χ1v) is 20.1. The lowest BCUT2D eigenvalue weighted by Crippen LogP contribution is -2.46. The Morgan fingerprint density at radius 3 is 1.35 bits per heavy atom. The highest BCUT2D eigenvalue weighted by Crippen LogP contribution is 2.62. The van der Waals surface area contributed by atoms with Gasteiger partial charge in [-0.1, -0.05) is 121 Å². The molecular weight excluding hydrogens is 647 g/mol. The van der Waals surface area contributed by atoms with Crippen LogP contribution in [0.4, 0.5) is 0 Å². The van der Waals surface area contributed by atoms with Gasteiger partial charge < -0.3 is 19.6 Å². The van der Waals surface area contributed by atoms with Crippen molar-refractivity contribution in [2.45, 2.75) is 76.8 Å². The first kappa shape index (κ1) is 33.7. The van der Waals surface area contributed by atoms with Gasteiger partial charge in [0.05, 0.1) is 18.1 Å². The van der Waals surface area contributed by atoms with Gasteiger partial charge in [-0.2, -0.15) is 9.53 Å². The molecule has 4 aromatic rings. The Balaban J connectivity index is 1.46. The highest BCUT2D eigenvalue weighted by Gasteiger charge is 2.50. The predicted octanol–water partition coefficient (Wildman–Crippen LogP) is 9.06. The van der Waals surface area contributed by atoms with E-state index in [2.05, 4.69) is 188 Å². The van der Waals surface area contributed by atoms with Crippen molar-refractivity contribution in [3.05, 3.63) is 144 Å². The topological polar surface area (TPSA) is 62.1 Å². The van der Waals surface area contributed by atoms with Crippen molar-refractivity contribution in [3.63, 3.8) is 0 Å². The molecule has 264 valence electrons. The molecule has 2 saturated heterocycles. The Bertz CT molecular complexity index is 1950. The van der Waals surface area contributed by atoms with Crippen molar-refractivity contribution in [1.29, 1.82) is 0 Å². The maximum atomic E-state index is 6.04. The van der Waals surface area contributed by atoms with Crippen LogP contribution in [0.15, 0.2) is 136 Å². The molecule has 51 heavy (non-hydrogen) atoms. The van der Waals surface area contributed by atoms with Crippen LogP contribution in [-0.2, 0) is 0 Å². The number of nitrogens with one attached hydrogen (secondary N) is 1. The van der Waals surface area contributed by atoms with E-state index in [0.717, 1.165) is 38.1 Å². The molecule has 0 bridgehead atoms. The summed E-state index contributed by atoms with van der Waals surface area (Å²) in [5.74, 6) is 1.97. The average Bonchev–Trinajstić information content (AvgIpc) is 3.67. The third-order valence-electron chi connectivity index (χ3n) is 10.7. The van der Waals surface area contributed by atoms with Crippen LogP contribution >= 0.6 is 7.51 Å². The largest absolute Gasteiger partial charge is 0.336 e. The van der Waals surface area contributed by atoms with Crippen LogP contribution in [0.5, 0.6) is 0 Å². The van der Waals surface area contributed by atoms with Gasteiger partial charge in [0.1, 0.15) is 6.04 Å². The van der Waals surface area contributed by atoms with Gasteiger partial charge in [-0.15, -0.1) is 0 Å². The Hall–Kier alpha value is -4.39. The zero-order valence-corrected chi connectivity index (χ0v) is 31.7. The summed E-state index contributed by atoms with van der Waals surface area (Å²) in [5.41, 5.74) is 4.59. The second-order valence-electron chi connectivity index (χ2n) is 16.1. The summed E-state index contributed by atoms with van der Waals surface area (Å²) in [6.07, 6.45) is 0. The van der Waals surface area contributed by atoms with E-state index in [1.807, 2.05) is 0 Å². The summed E-state index contributed by atoms with van der Waals surface area (Å²) >= 11 is 0. The minimum Gasteiger partial charge on any atom is -0.336 e. The van der Waals surface area contributed by atoms with Crippen LogP contribution in [0, 0.1) is 0 Å². The van der Waals surface area contributed by atoms with Gasteiger partial charge in [-0.05, 0) is 63.8 Å². The van der Waals surface area contributed by atoms with Crippen molar-refractivity contribution >= 4 is 19.4 Å². The van der Waals surface area contributed by atoms with Crippen molar-refractivity contribution in [2.75, 3.05) is 26.2 Å². The fourth-order valence-corrected chi connectivity index (χ4v) is 10.8. The Kier molecular flexibility index (Phi) is 8.59. The summed E-state index contributed by atoms with van der Waals surface area (Å²) in [7, 11) is -3.10. The van der Waals surface area contributed by atoms with Gasteiger partial charge >= 0.3 is 0 Å². The van der Waals surface area contributed by atoms with Gasteiger partial charge in [0.2, 0.25) is 11.9 Å². The summed E-state index contributed by atoms with van der Waals surface area (Å²) < 4.78 is 17.9. The SMILES string of the molecule is CC(C)(C)N1CCN2C1=N[P@@]1(=N[C@@H](c3ccccc3)[C@@H]2c2ccccc2)N=C2N(CCN2C(C)(C)C)[C@@H](c2ccccc2)[C@H](c2ccccc2)N1. The number of rotatable bonds is 4. The third-order valence-corrected chi connectivity index (χ3v) is 12.8. The van der Waals surface area contributed by atoms with Crippen LogP contribution in [0.3, 0.4) is 0 Å². The van der Waals surface area contributed by atoms with Gasteiger partial charge in [-0.25, -0.2) is 9.83 Å². The number of guanidine groups is 2. The van der Waals surface area contributed by atoms with Crippen LogP contribution in [0.25, 0.3) is 0 Å². The van der Waals surface area contributed by atoms with E-state index in [9.17, 15) is 0 Å². The molecule has 0 amide bonds. The van der Waals surface area contributed by atoms with Gasteiger partial charge in [0.25, 0.3) is 7.51 Å². The second-order valence-corrected chi connectivity index (χ2v) is 18.1. The zero-order valence-electron chi connectivity index (χ0n) is 30.8. The third kappa shape index (κ3) is 6.27. The van der Waals surface area contributed by atoms with Crippen LogP contribution in [0.1, 0.15) is 88.0 Å². The smallest absolute Gasteiger partial charge is 0.260 e. The molecule has 0 aliphatic carbocycles. The van der Waals surface area contributed by atoms with Gasteiger partial charge in [0.15, 0.2) is 0 Å². The maximum absolute atomic E-state index is 6.04. The fourth-order valence-electron chi connectivity index (χ4n) is 8.26. The van der Waals surface area contributed by atoms with Crippen molar-refractivity contribution in [1.82, 2.24) is 24.7 Å². The van der Waals surface area contributed by atoms with E-state index < -0.39 is 7.51 Å². The Morgan fingerprint density at radius 2 is 0.902 bits per heavy atom. The molecule has 0 radical (unpaired) electrons. The van der Waals surface area contributed by atoms with Crippen molar-refractivity contribution in [2.24, 2.45) is 14.3 Å². The standard InChI is InChI=1S/C42H51N8P/c1-41(2,3)49-29-27-47-37(33-23-15-9-16-24-33)35(31-19-11-7-12-20-31)43-51(45-39(47)49)44-36(32-21-13-8-14-22-32)38(34-25-17-10-18-26-34)48-28-30-50(40(48)46-51)42(4,5)6/h7-26,35-38,43H,27-30H2,1-6H3/t35-,36-,37-,38-,51-/m0/s1. The highest BCUT2D eigenvalue weighted by atomic mass is 31.2. The maximum Gasteiger partial charge on any atom is 0.260 e. The van der Waals surface area contributed by atoms with E-state index in [1.54, 1.807) is 0 Å². The summed E-state index contributed by atoms with van der Waals surface area (Å²) in [5, 5.41) is 4.24. The lowest BCUT2D eigenvalue weighted by molar-refractivity contribution is 0.257. The predicted molar refractivity (Wildman–Crippen MR) is 210 cm³/mol. The molecule has 4 aliphatic heterocycles. The van der Waals surface area contributed by atoms with Crippen LogP contribution in [0.2, 0.25) is 0 Å². The number of hydrogen-bond donors (Lipinski definition) is 1. The fraction of sp³-hybridized carbons (Fsp3) is 0.381. The Morgan fingerprint density at radius 1 is 0.510 bits per heavy atom. The lowest BCUT2D eigenvalue weighted by Gasteiger charge is -2.37. The molecule has 1 N–H and O–H groups in total.